The SMILES string of the molecule is O=C1CC2(CCCCC2)C[C@@]2(C1)CC1(CCCCC1)CC2=O. The Hall–Kier alpha value is -0.660. The molecule has 0 aromatic rings. The van der Waals surface area contributed by atoms with Crippen LogP contribution in [0.2, 0.25) is 0 Å². The maximum absolute atomic E-state index is 13.0. The maximum atomic E-state index is 13.0. The van der Waals surface area contributed by atoms with Crippen LogP contribution in [0.15, 0.2) is 0 Å². The van der Waals surface area contributed by atoms with Gasteiger partial charge >= 0.3 is 0 Å². The number of ketones is 2. The predicted octanol–water partition coefficient (Wildman–Crippen LogP) is 4.99. The van der Waals surface area contributed by atoms with Gasteiger partial charge in [-0.25, -0.2) is 0 Å². The van der Waals surface area contributed by atoms with Crippen LogP contribution in [0.25, 0.3) is 0 Å². The summed E-state index contributed by atoms with van der Waals surface area (Å²) in [6, 6.07) is 0. The van der Waals surface area contributed by atoms with Crippen LogP contribution in [0.3, 0.4) is 0 Å². The Balaban J connectivity index is 1.62. The molecule has 0 aromatic carbocycles. The summed E-state index contributed by atoms with van der Waals surface area (Å²) in [5.74, 6) is 0.863. The van der Waals surface area contributed by atoms with Crippen molar-refractivity contribution in [1.82, 2.24) is 0 Å². The Morgan fingerprint density at radius 3 is 1.64 bits per heavy atom. The number of hydrogen-bond acceptors (Lipinski definition) is 2. The van der Waals surface area contributed by atoms with Gasteiger partial charge < -0.3 is 0 Å². The summed E-state index contributed by atoms with van der Waals surface area (Å²) in [5.41, 5.74) is 0.232. The lowest BCUT2D eigenvalue weighted by Crippen LogP contribution is -2.44. The smallest absolute Gasteiger partial charge is 0.140 e. The standard InChI is InChI=1S/C20H30O2/c21-16-11-18(7-3-1-4-8-18)14-20(12-16)15-19(13-17(20)22)9-5-2-6-10-19/h1-15H2/t20-/m0/s1. The molecule has 22 heavy (non-hydrogen) atoms. The minimum atomic E-state index is -0.246. The molecule has 0 N–H and O–H groups in total. The summed E-state index contributed by atoms with van der Waals surface area (Å²) in [7, 11) is 0. The number of rotatable bonds is 0. The summed E-state index contributed by atoms with van der Waals surface area (Å²) in [6.45, 7) is 0. The van der Waals surface area contributed by atoms with Gasteiger partial charge in [0.15, 0.2) is 0 Å². The summed E-state index contributed by atoms with van der Waals surface area (Å²) >= 11 is 0. The van der Waals surface area contributed by atoms with Crippen LogP contribution in [-0.2, 0) is 9.59 Å². The number of hydrogen-bond donors (Lipinski definition) is 0. The normalized spacial score (nSPS) is 37.3. The molecule has 1 atom stereocenters. The molecular weight excluding hydrogens is 272 g/mol. The van der Waals surface area contributed by atoms with Crippen LogP contribution < -0.4 is 0 Å². The summed E-state index contributed by atoms with van der Waals surface area (Å²) in [6.07, 6.45) is 16.9. The highest BCUT2D eigenvalue weighted by Crippen LogP contribution is 2.63. The first kappa shape index (κ1) is 14.9. The molecule has 2 heteroatoms. The van der Waals surface area contributed by atoms with Gasteiger partial charge in [0.1, 0.15) is 11.6 Å². The van der Waals surface area contributed by atoms with E-state index in [0.29, 0.717) is 18.0 Å². The molecule has 122 valence electrons. The largest absolute Gasteiger partial charge is 0.300 e. The van der Waals surface area contributed by atoms with Crippen LogP contribution in [0.1, 0.15) is 96.3 Å². The summed E-state index contributed by atoms with van der Waals surface area (Å²) in [4.78, 5) is 25.6. The maximum Gasteiger partial charge on any atom is 0.140 e. The monoisotopic (exact) mass is 302 g/mol. The van der Waals surface area contributed by atoms with E-state index in [1.807, 2.05) is 0 Å². The third kappa shape index (κ3) is 2.37. The van der Waals surface area contributed by atoms with E-state index >= 15 is 0 Å². The molecule has 4 rings (SSSR count). The van der Waals surface area contributed by atoms with Crippen molar-refractivity contribution in [2.24, 2.45) is 16.2 Å². The van der Waals surface area contributed by atoms with Crippen molar-refractivity contribution in [1.29, 1.82) is 0 Å². The zero-order valence-electron chi connectivity index (χ0n) is 13.9. The van der Waals surface area contributed by atoms with Crippen molar-refractivity contribution in [3.8, 4) is 0 Å². The fraction of sp³-hybridized carbons (Fsp3) is 0.900. The van der Waals surface area contributed by atoms with E-state index in [1.54, 1.807) is 0 Å². The Kier molecular flexibility index (Phi) is 3.51. The molecule has 0 bridgehead atoms. The van der Waals surface area contributed by atoms with Crippen molar-refractivity contribution in [2.45, 2.75) is 96.3 Å². The van der Waals surface area contributed by atoms with E-state index in [-0.39, 0.29) is 16.2 Å². The Morgan fingerprint density at radius 1 is 0.591 bits per heavy atom. The van der Waals surface area contributed by atoms with Crippen molar-refractivity contribution in [2.75, 3.05) is 0 Å². The second-order valence-corrected chi connectivity index (χ2v) is 9.25. The molecule has 0 amide bonds. The minimum absolute atomic E-state index is 0.198. The molecule has 0 heterocycles. The van der Waals surface area contributed by atoms with Gasteiger partial charge in [0.05, 0.1) is 0 Å². The van der Waals surface area contributed by atoms with Gasteiger partial charge in [-0.3, -0.25) is 9.59 Å². The van der Waals surface area contributed by atoms with Gasteiger partial charge in [-0.15, -0.1) is 0 Å². The quantitative estimate of drug-likeness (QED) is 0.631. The lowest BCUT2D eigenvalue weighted by atomic mass is 9.55. The van der Waals surface area contributed by atoms with Gasteiger partial charge in [-0.2, -0.15) is 0 Å². The van der Waals surface area contributed by atoms with Crippen LogP contribution in [-0.4, -0.2) is 11.6 Å². The second kappa shape index (κ2) is 5.18. The molecule has 4 saturated carbocycles. The highest BCUT2D eigenvalue weighted by molar-refractivity contribution is 5.94. The van der Waals surface area contributed by atoms with Crippen molar-refractivity contribution >= 4 is 11.6 Å². The number of Topliss-reactive ketones (excluding diaryl/α,β-unsaturated/α-hetero) is 2. The predicted molar refractivity (Wildman–Crippen MR) is 86.6 cm³/mol. The second-order valence-electron chi connectivity index (χ2n) is 9.25. The van der Waals surface area contributed by atoms with E-state index in [2.05, 4.69) is 0 Å². The Morgan fingerprint density at radius 2 is 1.09 bits per heavy atom. The lowest BCUT2D eigenvalue weighted by Gasteiger charge is -2.48. The van der Waals surface area contributed by atoms with E-state index < -0.39 is 0 Å². The topological polar surface area (TPSA) is 34.1 Å². The van der Waals surface area contributed by atoms with Crippen LogP contribution in [0.4, 0.5) is 0 Å². The van der Waals surface area contributed by atoms with Crippen LogP contribution in [0.5, 0.6) is 0 Å². The Bertz CT molecular complexity index is 480. The van der Waals surface area contributed by atoms with Gasteiger partial charge in [0, 0.05) is 24.7 Å². The van der Waals surface area contributed by atoms with Crippen molar-refractivity contribution in [3.05, 3.63) is 0 Å². The zero-order chi connectivity index (χ0) is 15.3. The number of carbonyl (C=O) groups excluding carboxylic acids is 2. The zero-order valence-corrected chi connectivity index (χ0v) is 13.9. The van der Waals surface area contributed by atoms with E-state index in [4.69, 9.17) is 0 Å². The highest BCUT2D eigenvalue weighted by Gasteiger charge is 2.59. The molecule has 0 aromatic heterocycles. The molecule has 0 saturated heterocycles. The molecule has 3 spiro atoms. The Labute approximate surface area is 134 Å². The third-order valence-corrected chi connectivity index (χ3v) is 7.49. The summed E-state index contributed by atoms with van der Waals surface area (Å²) < 4.78 is 0. The van der Waals surface area contributed by atoms with E-state index in [0.717, 1.165) is 25.7 Å². The van der Waals surface area contributed by atoms with Gasteiger partial charge in [0.2, 0.25) is 0 Å². The van der Waals surface area contributed by atoms with Crippen molar-refractivity contribution in [3.63, 3.8) is 0 Å². The van der Waals surface area contributed by atoms with Crippen LogP contribution >= 0.6 is 0 Å². The summed E-state index contributed by atoms with van der Waals surface area (Å²) in [5, 5.41) is 0. The first-order valence-corrected chi connectivity index (χ1v) is 9.61. The lowest BCUT2D eigenvalue weighted by molar-refractivity contribution is -0.141. The first-order valence-electron chi connectivity index (χ1n) is 9.61. The number of carbonyl (C=O) groups is 2. The van der Waals surface area contributed by atoms with Gasteiger partial charge in [0.25, 0.3) is 0 Å². The molecule has 0 radical (unpaired) electrons. The molecule has 4 fully saturated rings. The minimum Gasteiger partial charge on any atom is -0.300 e. The van der Waals surface area contributed by atoms with Crippen molar-refractivity contribution < 1.29 is 9.59 Å². The van der Waals surface area contributed by atoms with Crippen LogP contribution in [0, 0.1) is 16.2 Å². The highest BCUT2D eigenvalue weighted by atomic mass is 16.1. The molecule has 4 aliphatic rings. The van der Waals surface area contributed by atoms with Gasteiger partial charge in [-0.05, 0) is 49.4 Å². The third-order valence-electron chi connectivity index (χ3n) is 7.49. The molecule has 4 aliphatic carbocycles. The molecule has 0 unspecified atom stereocenters. The molecule has 2 nitrogen and oxygen atoms in total. The average molecular weight is 302 g/mol. The average Bonchev–Trinajstić information content (AvgIpc) is 2.70. The van der Waals surface area contributed by atoms with E-state index in [9.17, 15) is 9.59 Å². The fourth-order valence-corrected chi connectivity index (χ4v) is 6.74. The first-order chi connectivity index (χ1) is 10.6. The fourth-order valence-electron chi connectivity index (χ4n) is 6.74. The molecule has 0 aliphatic heterocycles. The van der Waals surface area contributed by atoms with E-state index in [1.165, 1.54) is 64.2 Å². The van der Waals surface area contributed by atoms with Gasteiger partial charge in [-0.1, -0.05) is 38.5 Å². The molecular formula is C20H30O2.